The zero-order chi connectivity index (χ0) is 12.1. The van der Waals surface area contributed by atoms with Crippen LogP contribution in [0.4, 0.5) is 5.82 Å². The van der Waals surface area contributed by atoms with Crippen LogP contribution in [0.15, 0.2) is 42.9 Å². The summed E-state index contributed by atoms with van der Waals surface area (Å²) in [7, 11) is 0. The largest absolute Gasteiger partial charge is 0.364 e. The molecule has 84 valence electrons. The van der Waals surface area contributed by atoms with Gasteiger partial charge in [-0.2, -0.15) is 5.26 Å². The van der Waals surface area contributed by atoms with Crippen LogP contribution in [0.25, 0.3) is 0 Å². The van der Waals surface area contributed by atoms with E-state index in [0.29, 0.717) is 5.56 Å². The molecule has 2 rings (SSSR count). The van der Waals surface area contributed by atoms with Crippen molar-refractivity contribution in [2.45, 2.75) is 13.0 Å². The van der Waals surface area contributed by atoms with Gasteiger partial charge < -0.3 is 5.32 Å². The van der Waals surface area contributed by atoms with Crippen molar-refractivity contribution in [1.29, 1.82) is 5.26 Å². The highest BCUT2D eigenvalue weighted by molar-refractivity contribution is 5.41. The topological polar surface area (TPSA) is 61.6 Å². The third kappa shape index (κ3) is 2.79. The second kappa shape index (κ2) is 5.08. The van der Waals surface area contributed by atoms with Gasteiger partial charge in [0, 0.05) is 18.6 Å². The molecule has 0 saturated heterocycles. The van der Waals surface area contributed by atoms with Gasteiger partial charge in [0.2, 0.25) is 0 Å². The lowest BCUT2D eigenvalue weighted by molar-refractivity contribution is 0.871. The fourth-order valence-corrected chi connectivity index (χ4v) is 1.50. The first-order chi connectivity index (χ1) is 8.29. The molecule has 1 N–H and O–H groups in total. The lowest BCUT2D eigenvalue weighted by atomic mass is 10.1. The molecule has 0 bridgehead atoms. The number of hydrogen-bond acceptors (Lipinski definition) is 4. The summed E-state index contributed by atoms with van der Waals surface area (Å²) in [5.41, 5.74) is 1.71. The number of anilines is 1. The first-order valence-electron chi connectivity index (χ1n) is 5.32. The Morgan fingerprint density at radius 1 is 1.24 bits per heavy atom. The van der Waals surface area contributed by atoms with Crippen molar-refractivity contribution in [2.75, 3.05) is 5.32 Å². The van der Waals surface area contributed by atoms with E-state index >= 15 is 0 Å². The van der Waals surface area contributed by atoms with Crippen molar-refractivity contribution in [1.82, 2.24) is 9.97 Å². The maximum atomic E-state index is 8.67. The predicted octanol–water partition coefficient (Wildman–Crippen LogP) is 2.52. The molecule has 0 unspecified atom stereocenters. The third-order valence-electron chi connectivity index (χ3n) is 2.46. The van der Waals surface area contributed by atoms with E-state index in [2.05, 4.69) is 22.2 Å². The first kappa shape index (κ1) is 11.1. The minimum absolute atomic E-state index is 0.151. The molecule has 4 nitrogen and oxygen atoms in total. The highest BCUT2D eigenvalue weighted by atomic mass is 15.0. The fraction of sp³-hybridized carbons (Fsp3) is 0.154. The van der Waals surface area contributed by atoms with E-state index in [9.17, 15) is 0 Å². The van der Waals surface area contributed by atoms with E-state index in [1.54, 1.807) is 30.7 Å². The van der Waals surface area contributed by atoms with Gasteiger partial charge in [-0.3, -0.25) is 4.98 Å². The first-order valence-corrected chi connectivity index (χ1v) is 5.32. The van der Waals surface area contributed by atoms with Crippen molar-refractivity contribution in [3.8, 4) is 6.07 Å². The molecule has 0 aliphatic rings. The van der Waals surface area contributed by atoms with E-state index in [1.807, 2.05) is 18.2 Å². The maximum absolute atomic E-state index is 8.67. The normalized spacial score (nSPS) is 11.5. The van der Waals surface area contributed by atoms with Gasteiger partial charge in [0.05, 0.1) is 11.6 Å². The Hall–Kier alpha value is -2.41. The van der Waals surface area contributed by atoms with Gasteiger partial charge in [0.25, 0.3) is 0 Å². The smallest absolute Gasteiger partial charge is 0.126 e. The number of nitrogens with one attached hydrogen (secondary N) is 1. The number of rotatable bonds is 3. The van der Waals surface area contributed by atoms with Crippen LogP contribution in [0.2, 0.25) is 0 Å². The van der Waals surface area contributed by atoms with Crippen LogP contribution in [0, 0.1) is 11.3 Å². The van der Waals surface area contributed by atoms with Crippen molar-refractivity contribution in [3.63, 3.8) is 0 Å². The molecule has 0 saturated carbocycles. The van der Waals surface area contributed by atoms with Crippen molar-refractivity contribution < 1.29 is 0 Å². The second-order valence-electron chi connectivity index (χ2n) is 3.69. The summed E-state index contributed by atoms with van der Waals surface area (Å²) in [5, 5.41) is 11.9. The number of nitrogens with zero attached hydrogens (tertiary/aromatic N) is 3. The lowest BCUT2D eigenvalue weighted by Crippen LogP contribution is -2.07. The van der Waals surface area contributed by atoms with Crippen LogP contribution in [0.5, 0.6) is 0 Å². The highest BCUT2D eigenvalue weighted by Gasteiger charge is 2.05. The molecule has 0 amide bonds. The molecule has 0 fully saturated rings. The molecule has 17 heavy (non-hydrogen) atoms. The van der Waals surface area contributed by atoms with Crippen LogP contribution in [-0.4, -0.2) is 9.97 Å². The summed E-state index contributed by atoms with van der Waals surface area (Å²) in [6, 6.07) is 9.66. The summed E-state index contributed by atoms with van der Waals surface area (Å²) in [6.07, 6.45) is 5.08. The lowest BCUT2D eigenvalue weighted by Gasteiger charge is -2.14. The average molecular weight is 224 g/mol. The zero-order valence-electron chi connectivity index (χ0n) is 9.46. The number of pyridine rings is 2. The Morgan fingerprint density at radius 2 is 2.00 bits per heavy atom. The van der Waals surface area contributed by atoms with Gasteiger partial charge >= 0.3 is 0 Å². The van der Waals surface area contributed by atoms with Gasteiger partial charge in [-0.25, -0.2) is 4.98 Å². The maximum Gasteiger partial charge on any atom is 0.126 e. The molecule has 0 aliphatic heterocycles. The molecule has 0 radical (unpaired) electrons. The van der Waals surface area contributed by atoms with Crippen molar-refractivity contribution >= 4 is 5.82 Å². The quantitative estimate of drug-likeness (QED) is 0.870. The van der Waals surface area contributed by atoms with E-state index in [1.165, 1.54) is 0 Å². The SMILES string of the molecule is C[C@@H](Nc1ccc(C#N)cn1)c1ccncc1. The number of hydrogen-bond donors (Lipinski definition) is 1. The summed E-state index contributed by atoms with van der Waals surface area (Å²) >= 11 is 0. The molecule has 2 aromatic rings. The molecular weight excluding hydrogens is 212 g/mol. The van der Waals surface area contributed by atoms with Gasteiger partial charge in [-0.05, 0) is 36.8 Å². The Kier molecular flexibility index (Phi) is 3.31. The van der Waals surface area contributed by atoms with Crippen LogP contribution in [0.3, 0.4) is 0 Å². The second-order valence-corrected chi connectivity index (χ2v) is 3.69. The van der Waals surface area contributed by atoms with Crippen LogP contribution < -0.4 is 5.32 Å². The number of nitriles is 1. The monoisotopic (exact) mass is 224 g/mol. The molecule has 4 heteroatoms. The minimum atomic E-state index is 0.151. The summed E-state index contributed by atoms with van der Waals surface area (Å²) in [6.45, 7) is 2.05. The molecule has 2 aromatic heterocycles. The van der Waals surface area contributed by atoms with Crippen LogP contribution in [-0.2, 0) is 0 Å². The Morgan fingerprint density at radius 3 is 2.59 bits per heavy atom. The standard InChI is InChI=1S/C13H12N4/c1-10(12-4-6-15-7-5-12)17-13-3-2-11(8-14)9-16-13/h2-7,9-10H,1H3,(H,16,17)/t10-/m1/s1. The Labute approximate surface area is 100.0 Å². The molecule has 0 spiro atoms. The zero-order valence-corrected chi connectivity index (χ0v) is 9.46. The molecule has 2 heterocycles. The third-order valence-corrected chi connectivity index (χ3v) is 2.46. The highest BCUT2D eigenvalue weighted by Crippen LogP contribution is 2.16. The van der Waals surface area contributed by atoms with Crippen molar-refractivity contribution in [2.24, 2.45) is 0 Å². The van der Waals surface area contributed by atoms with Gasteiger partial charge in [0.15, 0.2) is 0 Å². The van der Waals surface area contributed by atoms with Gasteiger partial charge in [-0.15, -0.1) is 0 Å². The summed E-state index contributed by atoms with van der Waals surface area (Å²) in [4.78, 5) is 8.14. The minimum Gasteiger partial charge on any atom is -0.364 e. The Balaban J connectivity index is 2.08. The van der Waals surface area contributed by atoms with Gasteiger partial charge in [-0.1, -0.05) is 0 Å². The number of aromatic nitrogens is 2. The predicted molar refractivity (Wildman–Crippen MR) is 65.2 cm³/mol. The summed E-state index contributed by atoms with van der Waals surface area (Å²) in [5.74, 6) is 0.758. The van der Waals surface area contributed by atoms with E-state index in [4.69, 9.17) is 5.26 Å². The van der Waals surface area contributed by atoms with E-state index in [-0.39, 0.29) is 6.04 Å². The van der Waals surface area contributed by atoms with Crippen molar-refractivity contribution in [3.05, 3.63) is 54.0 Å². The summed E-state index contributed by atoms with van der Waals surface area (Å²) < 4.78 is 0. The molecule has 0 aromatic carbocycles. The Bertz CT molecular complexity index is 513. The van der Waals surface area contributed by atoms with Crippen LogP contribution >= 0.6 is 0 Å². The average Bonchev–Trinajstić information content (AvgIpc) is 2.40. The van der Waals surface area contributed by atoms with Gasteiger partial charge in [0.1, 0.15) is 11.9 Å². The molecule has 0 aliphatic carbocycles. The van der Waals surface area contributed by atoms with E-state index in [0.717, 1.165) is 11.4 Å². The van der Waals surface area contributed by atoms with E-state index < -0.39 is 0 Å². The molecule has 1 atom stereocenters. The van der Waals surface area contributed by atoms with Crippen LogP contribution in [0.1, 0.15) is 24.1 Å². The fourth-order valence-electron chi connectivity index (χ4n) is 1.50. The molecular formula is C13H12N4.